The summed E-state index contributed by atoms with van der Waals surface area (Å²) in [6.07, 6.45) is 4.17. The van der Waals surface area contributed by atoms with Crippen LogP contribution in [0.4, 0.5) is 10.1 Å². The van der Waals surface area contributed by atoms with E-state index in [-0.39, 0.29) is 37.0 Å². The van der Waals surface area contributed by atoms with E-state index in [0.29, 0.717) is 34.8 Å². The molecule has 11 nitrogen and oxygen atoms in total. The predicted molar refractivity (Wildman–Crippen MR) is 210 cm³/mol. The average Bonchev–Trinajstić information content (AvgIpc) is 3.74. The van der Waals surface area contributed by atoms with Crippen LogP contribution in [-0.2, 0) is 34.5 Å². The van der Waals surface area contributed by atoms with Crippen LogP contribution in [0, 0.1) is 5.82 Å². The van der Waals surface area contributed by atoms with Gasteiger partial charge in [0.2, 0.25) is 11.8 Å². The second kappa shape index (κ2) is 13.8. The van der Waals surface area contributed by atoms with Gasteiger partial charge in [-0.2, -0.15) is 0 Å². The molecule has 290 valence electrons. The number of halogens is 1. The van der Waals surface area contributed by atoms with Crippen LogP contribution in [0.25, 0.3) is 10.9 Å². The first-order valence-corrected chi connectivity index (χ1v) is 20.0. The lowest BCUT2D eigenvalue weighted by Crippen LogP contribution is -2.53. The SMILES string of the molecule is CCc1cc2c(cc1N1CCC(N3CCN(Cc4cc5c(cc4F)C(=O)N(C4CCC(=O)NC4=O)C5)CC3)CC1)C(C)(C)c1[nH]c3cc(C=O)ccc3c1C2=O. The van der Waals surface area contributed by atoms with Crippen LogP contribution in [0.2, 0.25) is 0 Å². The number of aromatic amines is 1. The molecule has 5 aliphatic rings. The summed E-state index contributed by atoms with van der Waals surface area (Å²) in [6, 6.07) is 12.7. The number of ketones is 1. The molecule has 5 heterocycles. The highest BCUT2D eigenvalue weighted by Gasteiger charge is 2.42. The summed E-state index contributed by atoms with van der Waals surface area (Å²) in [6.45, 7) is 12.5. The van der Waals surface area contributed by atoms with Crippen molar-refractivity contribution in [2.75, 3.05) is 44.2 Å². The summed E-state index contributed by atoms with van der Waals surface area (Å²) >= 11 is 0. The number of H-pyrrole nitrogens is 1. The number of aryl methyl sites for hydroxylation is 1. The Labute approximate surface area is 325 Å². The summed E-state index contributed by atoms with van der Waals surface area (Å²) in [5.41, 5.74) is 8.29. The maximum Gasteiger partial charge on any atom is 0.255 e. The molecule has 1 aromatic heterocycles. The first-order valence-electron chi connectivity index (χ1n) is 20.0. The van der Waals surface area contributed by atoms with E-state index in [1.165, 1.54) is 22.2 Å². The Morgan fingerprint density at radius 3 is 2.38 bits per heavy atom. The Balaban J connectivity index is 0.839. The molecule has 2 N–H and O–H groups in total. The molecule has 3 aromatic carbocycles. The molecule has 1 aliphatic carbocycles. The topological polar surface area (TPSA) is 126 Å². The molecule has 0 bridgehead atoms. The molecule has 0 spiro atoms. The number of amides is 3. The van der Waals surface area contributed by atoms with Gasteiger partial charge in [0.05, 0.1) is 5.56 Å². The van der Waals surface area contributed by atoms with Crippen LogP contribution in [0.1, 0.15) is 111 Å². The number of fused-ring (bicyclic) bond motifs is 5. The minimum atomic E-state index is -0.724. The standard InChI is InChI=1S/C44H47FN6O5/c1-4-26-19-32-33(44(2,3)41-39(40(32)54)30-6-5-25(24-52)17-35(30)46-41)21-37(26)50-11-9-29(10-12-50)49-15-13-48(14-16-49)22-28-18-27-23-51(43(56)31(27)20-34(28)45)36-7-8-38(53)47-42(36)55/h5-6,17-21,24,29,36,46H,4,7-16,22-23H2,1-3H3,(H,47,53,55). The van der Waals surface area contributed by atoms with Crippen LogP contribution < -0.4 is 10.2 Å². The highest BCUT2D eigenvalue weighted by atomic mass is 19.1. The molecule has 0 radical (unpaired) electrons. The van der Waals surface area contributed by atoms with E-state index in [9.17, 15) is 24.0 Å². The zero-order valence-corrected chi connectivity index (χ0v) is 32.2. The van der Waals surface area contributed by atoms with Gasteiger partial charge in [-0.15, -0.1) is 0 Å². The van der Waals surface area contributed by atoms with Gasteiger partial charge in [0, 0.05) is 115 Å². The van der Waals surface area contributed by atoms with Gasteiger partial charge in [0.25, 0.3) is 5.91 Å². The molecule has 1 unspecified atom stereocenters. The second-order valence-corrected chi connectivity index (χ2v) is 16.7. The fourth-order valence-corrected chi connectivity index (χ4v) is 9.94. The third kappa shape index (κ3) is 5.96. The van der Waals surface area contributed by atoms with E-state index in [0.717, 1.165) is 98.1 Å². The highest BCUT2D eigenvalue weighted by molar-refractivity contribution is 6.20. The van der Waals surface area contributed by atoms with Gasteiger partial charge in [-0.1, -0.05) is 32.9 Å². The van der Waals surface area contributed by atoms with E-state index in [2.05, 4.69) is 57.9 Å². The zero-order chi connectivity index (χ0) is 39.0. The van der Waals surface area contributed by atoms with Crippen molar-refractivity contribution in [1.29, 1.82) is 0 Å². The number of imide groups is 1. The summed E-state index contributed by atoms with van der Waals surface area (Å²) in [7, 11) is 0. The summed E-state index contributed by atoms with van der Waals surface area (Å²) < 4.78 is 15.4. The molecule has 3 amide bonds. The van der Waals surface area contributed by atoms with Crippen LogP contribution >= 0.6 is 0 Å². The summed E-state index contributed by atoms with van der Waals surface area (Å²) in [4.78, 5) is 75.1. The first kappa shape index (κ1) is 36.4. The smallest absolute Gasteiger partial charge is 0.255 e. The van der Waals surface area contributed by atoms with Crippen molar-refractivity contribution in [3.05, 3.63) is 98.5 Å². The van der Waals surface area contributed by atoms with Crippen molar-refractivity contribution in [1.82, 2.24) is 25.0 Å². The van der Waals surface area contributed by atoms with Crippen molar-refractivity contribution in [3.8, 4) is 0 Å². The lowest BCUT2D eigenvalue weighted by molar-refractivity contribution is -0.136. The van der Waals surface area contributed by atoms with E-state index in [1.807, 2.05) is 12.1 Å². The van der Waals surface area contributed by atoms with Gasteiger partial charge >= 0.3 is 0 Å². The van der Waals surface area contributed by atoms with Gasteiger partial charge in [-0.25, -0.2) is 4.39 Å². The van der Waals surface area contributed by atoms with E-state index >= 15 is 4.39 Å². The third-order valence-electron chi connectivity index (χ3n) is 13.1. The number of aromatic nitrogens is 1. The molecule has 4 aliphatic heterocycles. The summed E-state index contributed by atoms with van der Waals surface area (Å²) in [5.74, 6) is -1.55. The normalized spacial score (nSPS) is 21.7. The zero-order valence-electron chi connectivity index (χ0n) is 32.2. The fraction of sp³-hybridized carbons (Fsp3) is 0.432. The van der Waals surface area contributed by atoms with Gasteiger partial charge in [-0.05, 0) is 72.7 Å². The minimum absolute atomic E-state index is 0.0315. The maximum absolute atomic E-state index is 15.4. The molecule has 3 saturated heterocycles. The quantitative estimate of drug-likeness (QED) is 0.197. The monoisotopic (exact) mass is 758 g/mol. The van der Waals surface area contributed by atoms with Crippen LogP contribution in [0.3, 0.4) is 0 Å². The van der Waals surface area contributed by atoms with E-state index < -0.39 is 23.2 Å². The van der Waals surface area contributed by atoms with Gasteiger partial charge in [-0.3, -0.25) is 39.1 Å². The Morgan fingerprint density at radius 1 is 0.893 bits per heavy atom. The number of hydrogen-bond donors (Lipinski definition) is 2. The minimum Gasteiger partial charge on any atom is -0.371 e. The van der Waals surface area contributed by atoms with Crippen molar-refractivity contribution >= 4 is 46.4 Å². The fourth-order valence-electron chi connectivity index (χ4n) is 9.94. The van der Waals surface area contributed by atoms with E-state index in [4.69, 9.17) is 0 Å². The molecule has 3 fully saturated rings. The van der Waals surface area contributed by atoms with Crippen molar-refractivity contribution in [2.24, 2.45) is 0 Å². The number of hydrogen-bond acceptors (Lipinski definition) is 8. The number of piperazine rings is 1. The molecule has 9 rings (SSSR count). The average molecular weight is 759 g/mol. The van der Waals surface area contributed by atoms with Crippen molar-refractivity contribution in [2.45, 2.75) is 83.5 Å². The predicted octanol–water partition coefficient (Wildman–Crippen LogP) is 5.10. The number of carbonyl (C=O) groups excluding carboxylic acids is 5. The van der Waals surface area contributed by atoms with Crippen LogP contribution in [0.5, 0.6) is 0 Å². The molecule has 1 atom stereocenters. The maximum atomic E-state index is 15.4. The molecular weight excluding hydrogens is 712 g/mol. The molecule has 12 heteroatoms. The van der Waals surface area contributed by atoms with Crippen LogP contribution in [0.15, 0.2) is 42.5 Å². The third-order valence-corrected chi connectivity index (χ3v) is 13.1. The second-order valence-electron chi connectivity index (χ2n) is 16.7. The Kier molecular flexibility index (Phi) is 8.96. The Bertz CT molecular complexity index is 2330. The number of piperidine rings is 2. The number of rotatable bonds is 7. The number of benzene rings is 3. The van der Waals surface area contributed by atoms with Gasteiger partial charge < -0.3 is 14.8 Å². The van der Waals surface area contributed by atoms with Crippen molar-refractivity contribution < 1.29 is 28.4 Å². The molecule has 56 heavy (non-hydrogen) atoms. The van der Waals surface area contributed by atoms with Crippen LogP contribution in [-0.4, -0.2) is 101 Å². The Hall–Kier alpha value is -5.20. The molecule has 0 saturated carbocycles. The number of nitrogens with one attached hydrogen (secondary N) is 2. The van der Waals surface area contributed by atoms with Gasteiger partial charge in [0.1, 0.15) is 18.1 Å². The highest BCUT2D eigenvalue weighted by Crippen LogP contribution is 2.46. The largest absolute Gasteiger partial charge is 0.371 e. The van der Waals surface area contributed by atoms with E-state index in [1.54, 1.807) is 12.1 Å². The number of nitrogens with zero attached hydrogens (tertiary/aromatic N) is 4. The summed E-state index contributed by atoms with van der Waals surface area (Å²) in [5, 5.41) is 3.17. The Morgan fingerprint density at radius 2 is 1.66 bits per heavy atom. The van der Waals surface area contributed by atoms with Crippen molar-refractivity contribution in [3.63, 3.8) is 0 Å². The number of anilines is 1. The number of carbonyl (C=O) groups is 5. The lowest BCUT2D eigenvalue weighted by Gasteiger charge is -2.44. The number of aldehydes is 1. The van der Waals surface area contributed by atoms with Gasteiger partial charge in [0.15, 0.2) is 5.78 Å². The lowest BCUT2D eigenvalue weighted by atomic mass is 9.70. The first-order chi connectivity index (χ1) is 26.9. The molecular formula is C44H47FN6O5. The molecule has 4 aromatic rings.